The van der Waals surface area contributed by atoms with Crippen molar-refractivity contribution in [2.45, 2.75) is 18.3 Å². The van der Waals surface area contributed by atoms with Gasteiger partial charge in [0.2, 0.25) is 5.88 Å². The van der Waals surface area contributed by atoms with E-state index >= 15 is 0 Å². The normalized spacial score (nSPS) is 18.2. The molecule has 0 N–H and O–H groups in total. The van der Waals surface area contributed by atoms with E-state index in [-0.39, 0.29) is 6.01 Å². The van der Waals surface area contributed by atoms with Gasteiger partial charge in [0.15, 0.2) is 5.65 Å². The van der Waals surface area contributed by atoms with Gasteiger partial charge in [-0.25, -0.2) is 14.5 Å². The zero-order valence-electron chi connectivity index (χ0n) is 15.5. The molecule has 8 nitrogen and oxygen atoms in total. The molecule has 0 amide bonds. The van der Waals surface area contributed by atoms with Crippen LogP contribution in [0.5, 0.6) is 11.9 Å². The van der Waals surface area contributed by atoms with Gasteiger partial charge in [-0.2, -0.15) is 10.1 Å². The van der Waals surface area contributed by atoms with Gasteiger partial charge in [0.05, 0.1) is 25.5 Å². The lowest BCUT2D eigenvalue weighted by Crippen LogP contribution is -2.02. The lowest BCUT2D eigenvalue weighted by Gasteiger charge is -2.10. The molecular formula is C20H18N6O2. The Bertz CT molecular complexity index is 1140. The first kappa shape index (κ1) is 16.6. The topological polar surface area (TPSA) is 87.3 Å². The summed E-state index contributed by atoms with van der Waals surface area (Å²) >= 11 is 0. The van der Waals surface area contributed by atoms with Crippen LogP contribution < -0.4 is 9.47 Å². The number of rotatable bonds is 5. The largest absolute Gasteiger partial charge is 0.480 e. The molecule has 0 bridgehead atoms. The Morgan fingerprint density at radius 1 is 1.04 bits per heavy atom. The first-order chi connectivity index (χ1) is 13.8. The fraction of sp³-hybridized carbons (Fsp3) is 0.250. The second-order valence-corrected chi connectivity index (χ2v) is 6.66. The maximum Gasteiger partial charge on any atom is 0.319 e. The summed E-state index contributed by atoms with van der Waals surface area (Å²) in [4.78, 5) is 17.5. The first-order valence-electron chi connectivity index (χ1n) is 8.99. The second kappa shape index (κ2) is 6.56. The van der Waals surface area contributed by atoms with Crippen molar-refractivity contribution in [3.63, 3.8) is 0 Å². The molecule has 28 heavy (non-hydrogen) atoms. The number of pyridine rings is 1. The van der Waals surface area contributed by atoms with Crippen LogP contribution >= 0.6 is 0 Å². The SMILES string of the molecule is COc1ncc(-c2cc([C@H]3C[C@@H]3c3ccccn3)c3nccn3n2)c(OC)n1. The summed E-state index contributed by atoms with van der Waals surface area (Å²) in [5, 5.41) is 4.68. The van der Waals surface area contributed by atoms with Crippen molar-refractivity contribution in [2.75, 3.05) is 14.2 Å². The Hall–Kier alpha value is -3.55. The molecule has 0 unspecified atom stereocenters. The summed E-state index contributed by atoms with van der Waals surface area (Å²) in [5.41, 5.74) is 4.55. The zero-order chi connectivity index (χ0) is 19.1. The third kappa shape index (κ3) is 2.74. The molecule has 4 aromatic heterocycles. The molecule has 1 fully saturated rings. The number of imidazole rings is 1. The van der Waals surface area contributed by atoms with E-state index in [1.807, 2.05) is 24.5 Å². The van der Waals surface area contributed by atoms with Crippen LogP contribution in [0.3, 0.4) is 0 Å². The van der Waals surface area contributed by atoms with E-state index in [2.05, 4.69) is 37.2 Å². The fourth-order valence-electron chi connectivity index (χ4n) is 3.59. The molecule has 0 aliphatic heterocycles. The van der Waals surface area contributed by atoms with Crippen LogP contribution in [-0.4, -0.2) is 43.8 Å². The highest BCUT2D eigenvalue weighted by molar-refractivity contribution is 5.68. The maximum absolute atomic E-state index is 5.44. The van der Waals surface area contributed by atoms with E-state index in [1.54, 1.807) is 24.0 Å². The molecule has 2 atom stereocenters. The van der Waals surface area contributed by atoms with E-state index in [9.17, 15) is 0 Å². The molecule has 1 saturated carbocycles. The van der Waals surface area contributed by atoms with Crippen LogP contribution in [0.2, 0.25) is 0 Å². The van der Waals surface area contributed by atoms with Crippen LogP contribution in [0.15, 0.2) is 49.1 Å². The van der Waals surface area contributed by atoms with Gasteiger partial charge in [-0.05, 0) is 30.5 Å². The highest BCUT2D eigenvalue weighted by atomic mass is 16.5. The smallest absolute Gasteiger partial charge is 0.319 e. The minimum Gasteiger partial charge on any atom is -0.480 e. The maximum atomic E-state index is 5.44. The Labute approximate surface area is 161 Å². The number of nitrogens with zero attached hydrogens (tertiary/aromatic N) is 6. The van der Waals surface area contributed by atoms with E-state index in [0.29, 0.717) is 23.3 Å². The van der Waals surface area contributed by atoms with Gasteiger partial charge in [-0.15, -0.1) is 0 Å². The molecule has 0 aromatic carbocycles. The van der Waals surface area contributed by atoms with Crippen LogP contribution in [0.4, 0.5) is 0 Å². The van der Waals surface area contributed by atoms with Crippen LogP contribution in [0.25, 0.3) is 16.9 Å². The molecule has 5 rings (SSSR count). The van der Waals surface area contributed by atoms with E-state index in [1.165, 1.54) is 7.11 Å². The molecule has 0 saturated heterocycles. The highest BCUT2D eigenvalue weighted by Crippen LogP contribution is 2.55. The molecule has 1 aliphatic rings. The predicted molar refractivity (Wildman–Crippen MR) is 101 cm³/mol. The summed E-state index contributed by atoms with van der Waals surface area (Å²) in [6.07, 6.45) is 8.15. The van der Waals surface area contributed by atoms with Gasteiger partial charge < -0.3 is 9.47 Å². The monoisotopic (exact) mass is 374 g/mol. The van der Waals surface area contributed by atoms with E-state index in [0.717, 1.165) is 29.0 Å². The molecule has 0 radical (unpaired) electrons. The lowest BCUT2D eigenvalue weighted by atomic mass is 10.1. The molecule has 4 aromatic rings. The number of ether oxygens (including phenoxy) is 2. The molecule has 140 valence electrons. The number of methoxy groups -OCH3 is 2. The Morgan fingerprint density at radius 2 is 1.96 bits per heavy atom. The van der Waals surface area contributed by atoms with Gasteiger partial charge in [-0.1, -0.05) is 6.07 Å². The second-order valence-electron chi connectivity index (χ2n) is 6.66. The molecule has 1 aliphatic carbocycles. The highest BCUT2D eigenvalue weighted by Gasteiger charge is 2.42. The van der Waals surface area contributed by atoms with Crippen LogP contribution in [0.1, 0.15) is 29.5 Å². The minimum absolute atomic E-state index is 0.252. The zero-order valence-corrected chi connectivity index (χ0v) is 15.5. The number of aromatic nitrogens is 6. The van der Waals surface area contributed by atoms with Gasteiger partial charge in [0.25, 0.3) is 0 Å². The third-order valence-electron chi connectivity index (χ3n) is 5.03. The molecule has 8 heteroatoms. The lowest BCUT2D eigenvalue weighted by molar-refractivity contribution is 0.353. The predicted octanol–water partition coefficient (Wildman–Crippen LogP) is 2.87. The number of hydrogen-bond donors (Lipinski definition) is 0. The summed E-state index contributed by atoms with van der Waals surface area (Å²) in [5.74, 6) is 1.17. The Morgan fingerprint density at radius 3 is 2.75 bits per heavy atom. The van der Waals surface area contributed by atoms with Gasteiger partial charge in [-0.3, -0.25) is 4.98 Å². The molecular weight excluding hydrogens is 356 g/mol. The summed E-state index contributed by atoms with van der Waals surface area (Å²) in [6, 6.07) is 8.36. The standard InChI is InChI=1S/C20H18N6O2/c1-27-19-15(11-23-20(24-19)28-2)17-10-14(18-22-7-8-26(18)25-17)12-9-13(12)16-5-3-4-6-21-16/h3-8,10-13H,9H2,1-2H3/t12-,13-/m0/s1. The first-order valence-corrected chi connectivity index (χ1v) is 8.99. The fourth-order valence-corrected chi connectivity index (χ4v) is 3.59. The van der Waals surface area contributed by atoms with Crippen molar-refractivity contribution < 1.29 is 9.47 Å². The number of fused-ring (bicyclic) bond motifs is 1. The summed E-state index contributed by atoms with van der Waals surface area (Å²) in [7, 11) is 3.09. The molecule has 0 spiro atoms. The molecule has 4 heterocycles. The van der Waals surface area contributed by atoms with Crippen LogP contribution in [-0.2, 0) is 0 Å². The van der Waals surface area contributed by atoms with Gasteiger partial charge in [0.1, 0.15) is 0 Å². The van der Waals surface area contributed by atoms with E-state index < -0.39 is 0 Å². The van der Waals surface area contributed by atoms with Crippen molar-refractivity contribution >= 4 is 5.65 Å². The Kier molecular flexibility index (Phi) is 3.89. The van der Waals surface area contributed by atoms with Crippen molar-refractivity contribution in [3.8, 4) is 23.1 Å². The van der Waals surface area contributed by atoms with Gasteiger partial charge in [0, 0.05) is 42.0 Å². The van der Waals surface area contributed by atoms with E-state index in [4.69, 9.17) is 9.47 Å². The van der Waals surface area contributed by atoms with Crippen molar-refractivity contribution in [2.24, 2.45) is 0 Å². The third-order valence-corrected chi connectivity index (χ3v) is 5.03. The van der Waals surface area contributed by atoms with Crippen molar-refractivity contribution in [3.05, 3.63) is 60.3 Å². The quantitative estimate of drug-likeness (QED) is 0.531. The average molecular weight is 374 g/mol. The Balaban J connectivity index is 1.60. The van der Waals surface area contributed by atoms with Crippen molar-refractivity contribution in [1.29, 1.82) is 0 Å². The summed E-state index contributed by atoms with van der Waals surface area (Å²) < 4.78 is 12.3. The van der Waals surface area contributed by atoms with Crippen LogP contribution in [0, 0.1) is 0 Å². The van der Waals surface area contributed by atoms with Crippen molar-refractivity contribution in [1.82, 2.24) is 29.5 Å². The summed E-state index contributed by atoms with van der Waals surface area (Å²) in [6.45, 7) is 0. The van der Waals surface area contributed by atoms with Gasteiger partial charge >= 0.3 is 6.01 Å². The average Bonchev–Trinajstić information content (AvgIpc) is 3.41. The number of hydrogen-bond acceptors (Lipinski definition) is 7. The minimum atomic E-state index is 0.252.